The molecule has 0 bridgehead atoms. The van der Waals surface area contributed by atoms with Gasteiger partial charge in [-0.15, -0.1) is 0 Å². The maximum absolute atomic E-state index is 9.71. The van der Waals surface area contributed by atoms with Gasteiger partial charge in [0.1, 0.15) is 0 Å². The standard InChI is InChI=1S/C11H23NO2/c1-9(8-13)12-7-11(14)6-10-4-2-3-5-10/h9-14H,2-8H2,1H3. The molecule has 0 aromatic carbocycles. The second-order valence-corrected chi connectivity index (χ2v) is 4.53. The van der Waals surface area contributed by atoms with Gasteiger partial charge in [0.15, 0.2) is 0 Å². The van der Waals surface area contributed by atoms with Crippen LogP contribution in [0.4, 0.5) is 0 Å². The van der Waals surface area contributed by atoms with Gasteiger partial charge in [0.25, 0.3) is 0 Å². The number of rotatable bonds is 6. The summed E-state index contributed by atoms with van der Waals surface area (Å²) in [6.07, 6.45) is 5.91. The van der Waals surface area contributed by atoms with Crippen LogP contribution in [0.5, 0.6) is 0 Å². The predicted octanol–water partition coefficient (Wildman–Crippen LogP) is 0.898. The summed E-state index contributed by atoms with van der Waals surface area (Å²) >= 11 is 0. The van der Waals surface area contributed by atoms with Crippen LogP contribution in [-0.4, -0.2) is 35.5 Å². The van der Waals surface area contributed by atoms with Crippen molar-refractivity contribution in [3.8, 4) is 0 Å². The summed E-state index contributed by atoms with van der Waals surface area (Å²) in [6.45, 7) is 2.66. The Morgan fingerprint density at radius 1 is 1.36 bits per heavy atom. The molecule has 1 aliphatic carbocycles. The Kier molecular flexibility index (Phi) is 5.45. The molecule has 3 heteroatoms. The Hall–Kier alpha value is -0.120. The largest absolute Gasteiger partial charge is 0.395 e. The molecule has 0 spiro atoms. The van der Waals surface area contributed by atoms with E-state index >= 15 is 0 Å². The van der Waals surface area contributed by atoms with E-state index in [0.29, 0.717) is 6.54 Å². The fraction of sp³-hybridized carbons (Fsp3) is 1.00. The zero-order valence-electron chi connectivity index (χ0n) is 9.08. The molecule has 14 heavy (non-hydrogen) atoms. The Bertz CT molecular complexity index is 146. The maximum Gasteiger partial charge on any atom is 0.0667 e. The normalized spacial score (nSPS) is 22.5. The van der Waals surface area contributed by atoms with Crippen molar-refractivity contribution in [3.05, 3.63) is 0 Å². The van der Waals surface area contributed by atoms with E-state index in [1.807, 2.05) is 6.92 Å². The zero-order chi connectivity index (χ0) is 10.4. The predicted molar refractivity (Wildman–Crippen MR) is 57.1 cm³/mol. The van der Waals surface area contributed by atoms with Gasteiger partial charge in [-0.2, -0.15) is 0 Å². The van der Waals surface area contributed by atoms with E-state index in [9.17, 15) is 5.11 Å². The fourth-order valence-corrected chi connectivity index (χ4v) is 2.12. The van der Waals surface area contributed by atoms with Gasteiger partial charge in [0.2, 0.25) is 0 Å². The number of nitrogens with one attached hydrogen (secondary N) is 1. The van der Waals surface area contributed by atoms with Gasteiger partial charge in [0.05, 0.1) is 12.7 Å². The van der Waals surface area contributed by atoms with Crippen molar-refractivity contribution in [1.82, 2.24) is 5.32 Å². The van der Waals surface area contributed by atoms with Gasteiger partial charge in [-0.1, -0.05) is 25.7 Å². The highest BCUT2D eigenvalue weighted by atomic mass is 16.3. The molecular weight excluding hydrogens is 178 g/mol. The first kappa shape index (κ1) is 12.0. The third-order valence-electron chi connectivity index (χ3n) is 3.06. The lowest BCUT2D eigenvalue weighted by atomic mass is 10.00. The van der Waals surface area contributed by atoms with E-state index in [1.165, 1.54) is 25.7 Å². The van der Waals surface area contributed by atoms with E-state index in [4.69, 9.17) is 5.11 Å². The molecule has 2 unspecified atom stereocenters. The molecule has 1 aliphatic rings. The first-order valence-electron chi connectivity index (χ1n) is 5.74. The van der Waals surface area contributed by atoms with Crippen LogP contribution in [0.15, 0.2) is 0 Å². The van der Waals surface area contributed by atoms with Crippen LogP contribution < -0.4 is 5.32 Å². The minimum atomic E-state index is -0.243. The third-order valence-corrected chi connectivity index (χ3v) is 3.06. The Morgan fingerprint density at radius 3 is 2.57 bits per heavy atom. The number of aliphatic hydroxyl groups is 2. The Labute approximate surface area is 86.5 Å². The smallest absolute Gasteiger partial charge is 0.0667 e. The second kappa shape index (κ2) is 6.38. The monoisotopic (exact) mass is 201 g/mol. The molecule has 0 aromatic heterocycles. The molecular formula is C11H23NO2. The number of aliphatic hydroxyl groups excluding tert-OH is 2. The molecule has 0 radical (unpaired) electrons. The van der Waals surface area contributed by atoms with Crippen molar-refractivity contribution >= 4 is 0 Å². The summed E-state index contributed by atoms with van der Waals surface area (Å²) in [5.74, 6) is 0.733. The van der Waals surface area contributed by atoms with Crippen LogP contribution in [0.25, 0.3) is 0 Å². The van der Waals surface area contributed by atoms with Gasteiger partial charge in [0, 0.05) is 12.6 Å². The highest BCUT2D eigenvalue weighted by Crippen LogP contribution is 2.28. The molecule has 1 saturated carbocycles. The second-order valence-electron chi connectivity index (χ2n) is 4.53. The van der Waals surface area contributed by atoms with Crippen LogP contribution >= 0.6 is 0 Å². The average Bonchev–Trinajstić information content (AvgIpc) is 2.66. The quantitative estimate of drug-likeness (QED) is 0.598. The zero-order valence-corrected chi connectivity index (χ0v) is 9.08. The molecule has 1 rings (SSSR count). The highest BCUT2D eigenvalue weighted by molar-refractivity contribution is 4.73. The minimum absolute atomic E-state index is 0.0910. The van der Waals surface area contributed by atoms with Gasteiger partial charge in [-0.25, -0.2) is 0 Å². The van der Waals surface area contributed by atoms with Crippen molar-refractivity contribution in [2.75, 3.05) is 13.2 Å². The first-order valence-corrected chi connectivity index (χ1v) is 5.74. The molecule has 1 fully saturated rings. The highest BCUT2D eigenvalue weighted by Gasteiger charge is 2.18. The molecule has 0 amide bonds. The SMILES string of the molecule is CC(CO)NCC(O)CC1CCCC1. The summed E-state index contributed by atoms with van der Waals surface area (Å²) in [5.41, 5.74) is 0. The lowest BCUT2D eigenvalue weighted by molar-refractivity contribution is 0.132. The summed E-state index contributed by atoms with van der Waals surface area (Å²) < 4.78 is 0. The van der Waals surface area contributed by atoms with Crippen LogP contribution in [0.2, 0.25) is 0 Å². The third kappa shape index (κ3) is 4.40. The Balaban J connectivity index is 2.05. The van der Waals surface area contributed by atoms with E-state index in [1.54, 1.807) is 0 Å². The van der Waals surface area contributed by atoms with Crippen molar-refractivity contribution in [1.29, 1.82) is 0 Å². The molecule has 0 heterocycles. The van der Waals surface area contributed by atoms with E-state index < -0.39 is 0 Å². The molecule has 0 aromatic rings. The van der Waals surface area contributed by atoms with Crippen molar-refractivity contribution in [2.45, 2.75) is 51.2 Å². The summed E-state index contributed by atoms with van der Waals surface area (Å²) in [4.78, 5) is 0. The summed E-state index contributed by atoms with van der Waals surface area (Å²) in [7, 11) is 0. The fourth-order valence-electron chi connectivity index (χ4n) is 2.12. The molecule has 3 nitrogen and oxygen atoms in total. The van der Waals surface area contributed by atoms with Crippen molar-refractivity contribution < 1.29 is 10.2 Å². The number of hydrogen-bond donors (Lipinski definition) is 3. The summed E-state index contributed by atoms with van der Waals surface area (Å²) in [5, 5.41) is 21.6. The molecule has 2 atom stereocenters. The van der Waals surface area contributed by atoms with Crippen molar-refractivity contribution in [3.63, 3.8) is 0 Å². The lowest BCUT2D eigenvalue weighted by Crippen LogP contribution is -2.36. The molecule has 3 N–H and O–H groups in total. The van der Waals surface area contributed by atoms with Crippen molar-refractivity contribution in [2.24, 2.45) is 5.92 Å². The molecule has 0 aliphatic heterocycles. The number of hydrogen-bond acceptors (Lipinski definition) is 3. The van der Waals surface area contributed by atoms with Gasteiger partial charge < -0.3 is 15.5 Å². The van der Waals surface area contributed by atoms with E-state index in [2.05, 4.69) is 5.32 Å². The topological polar surface area (TPSA) is 52.5 Å². The molecule has 0 saturated heterocycles. The minimum Gasteiger partial charge on any atom is -0.395 e. The first-order chi connectivity index (χ1) is 6.72. The molecule has 84 valence electrons. The van der Waals surface area contributed by atoms with Gasteiger partial charge in [-0.05, 0) is 19.3 Å². The van der Waals surface area contributed by atoms with Gasteiger partial charge in [-0.3, -0.25) is 0 Å². The Morgan fingerprint density at radius 2 is 2.00 bits per heavy atom. The van der Waals surface area contributed by atoms with Crippen LogP contribution in [0.1, 0.15) is 39.0 Å². The van der Waals surface area contributed by atoms with E-state index in [0.717, 1.165) is 12.3 Å². The maximum atomic E-state index is 9.71. The van der Waals surface area contributed by atoms with Gasteiger partial charge >= 0.3 is 0 Å². The summed E-state index contributed by atoms with van der Waals surface area (Å²) in [6, 6.07) is 0.0910. The van der Waals surface area contributed by atoms with Crippen LogP contribution in [0.3, 0.4) is 0 Å². The van der Waals surface area contributed by atoms with Crippen LogP contribution in [-0.2, 0) is 0 Å². The average molecular weight is 201 g/mol. The van der Waals surface area contributed by atoms with Crippen LogP contribution in [0, 0.1) is 5.92 Å². The van der Waals surface area contributed by atoms with E-state index in [-0.39, 0.29) is 18.8 Å². The lowest BCUT2D eigenvalue weighted by Gasteiger charge is -2.18.